The first kappa shape index (κ1) is 19.1. The van der Waals surface area contributed by atoms with Gasteiger partial charge in [0.15, 0.2) is 17.5 Å². The number of aromatic nitrogens is 1. The van der Waals surface area contributed by atoms with Crippen LogP contribution < -0.4 is 10.6 Å². The first-order valence-corrected chi connectivity index (χ1v) is 8.49. The van der Waals surface area contributed by atoms with E-state index in [-0.39, 0.29) is 17.4 Å². The average Bonchev–Trinajstić information content (AvgIpc) is 2.70. The number of nitrogens with one attached hydrogen (secondary N) is 2. The third kappa shape index (κ3) is 4.95. The molecule has 0 radical (unpaired) electrons. The van der Waals surface area contributed by atoms with Gasteiger partial charge in [0.05, 0.1) is 24.5 Å². The van der Waals surface area contributed by atoms with Crippen LogP contribution in [-0.4, -0.2) is 55.2 Å². The van der Waals surface area contributed by atoms with Gasteiger partial charge in [-0.1, -0.05) is 0 Å². The number of benzene rings is 1. The Balaban J connectivity index is 1.53. The van der Waals surface area contributed by atoms with Crippen LogP contribution in [0.3, 0.4) is 0 Å². The second-order valence-electron chi connectivity index (χ2n) is 5.99. The minimum Gasteiger partial charge on any atom is -0.379 e. The van der Waals surface area contributed by atoms with Gasteiger partial charge in [-0.3, -0.25) is 9.69 Å². The molecule has 2 heterocycles. The molecule has 1 amide bonds. The van der Waals surface area contributed by atoms with Crippen LogP contribution >= 0.6 is 0 Å². The molecule has 0 unspecified atom stereocenters. The monoisotopic (exact) mass is 380 g/mol. The van der Waals surface area contributed by atoms with Crippen LogP contribution in [0.15, 0.2) is 30.5 Å². The summed E-state index contributed by atoms with van der Waals surface area (Å²) < 4.78 is 45.1. The molecule has 1 aliphatic rings. The fraction of sp³-hybridized carbons (Fsp3) is 0.333. The first-order chi connectivity index (χ1) is 13.0. The molecule has 2 N–H and O–H groups in total. The largest absolute Gasteiger partial charge is 0.379 e. The van der Waals surface area contributed by atoms with Crippen molar-refractivity contribution in [1.82, 2.24) is 15.2 Å². The van der Waals surface area contributed by atoms with Crippen LogP contribution in [0.1, 0.15) is 10.4 Å². The van der Waals surface area contributed by atoms with E-state index in [0.29, 0.717) is 25.3 Å². The van der Waals surface area contributed by atoms with Crippen molar-refractivity contribution in [3.05, 3.63) is 53.5 Å². The van der Waals surface area contributed by atoms with Gasteiger partial charge in [0.2, 0.25) is 0 Å². The number of amides is 1. The molecule has 0 atom stereocenters. The van der Waals surface area contributed by atoms with E-state index in [2.05, 4.69) is 20.5 Å². The van der Waals surface area contributed by atoms with Crippen molar-refractivity contribution in [2.75, 3.05) is 44.7 Å². The number of hydrogen-bond donors (Lipinski definition) is 2. The minimum absolute atomic E-state index is 0.199. The van der Waals surface area contributed by atoms with Crippen molar-refractivity contribution in [3.63, 3.8) is 0 Å². The fourth-order valence-corrected chi connectivity index (χ4v) is 2.62. The number of halogens is 3. The van der Waals surface area contributed by atoms with Gasteiger partial charge >= 0.3 is 0 Å². The highest BCUT2D eigenvalue weighted by Gasteiger charge is 2.14. The van der Waals surface area contributed by atoms with Crippen LogP contribution in [-0.2, 0) is 4.74 Å². The SMILES string of the molecule is O=C(NCCN1CCOCC1)c1ccc(Nc2ccc(F)c(F)c2F)nc1. The average molecular weight is 380 g/mol. The Bertz CT molecular complexity index is 796. The summed E-state index contributed by atoms with van der Waals surface area (Å²) >= 11 is 0. The number of morpholine rings is 1. The van der Waals surface area contributed by atoms with Crippen LogP contribution in [0, 0.1) is 17.5 Å². The molecular weight excluding hydrogens is 361 g/mol. The molecule has 2 aromatic rings. The summed E-state index contributed by atoms with van der Waals surface area (Å²) in [6, 6.07) is 4.85. The number of anilines is 2. The zero-order valence-corrected chi connectivity index (χ0v) is 14.5. The lowest BCUT2D eigenvalue weighted by Gasteiger charge is -2.26. The zero-order chi connectivity index (χ0) is 19.2. The normalized spacial score (nSPS) is 14.8. The van der Waals surface area contributed by atoms with Crippen LogP contribution in [0.5, 0.6) is 0 Å². The molecule has 9 heteroatoms. The van der Waals surface area contributed by atoms with Crippen molar-refractivity contribution in [2.24, 2.45) is 0 Å². The lowest BCUT2D eigenvalue weighted by Crippen LogP contribution is -2.41. The zero-order valence-electron chi connectivity index (χ0n) is 14.5. The maximum atomic E-state index is 13.7. The van der Waals surface area contributed by atoms with E-state index in [0.717, 1.165) is 31.8 Å². The Hall–Kier alpha value is -2.65. The summed E-state index contributed by atoms with van der Waals surface area (Å²) in [6.45, 7) is 4.32. The summed E-state index contributed by atoms with van der Waals surface area (Å²) in [5, 5.41) is 5.35. The highest BCUT2D eigenvalue weighted by molar-refractivity contribution is 5.94. The first-order valence-electron chi connectivity index (χ1n) is 8.49. The fourth-order valence-electron chi connectivity index (χ4n) is 2.62. The molecule has 27 heavy (non-hydrogen) atoms. The summed E-state index contributed by atoms with van der Waals surface area (Å²) in [5.74, 6) is -4.24. The van der Waals surface area contributed by atoms with Gasteiger partial charge < -0.3 is 15.4 Å². The molecule has 1 aromatic carbocycles. The third-order valence-corrected chi connectivity index (χ3v) is 4.14. The Morgan fingerprint density at radius 1 is 1.11 bits per heavy atom. The predicted molar refractivity (Wildman–Crippen MR) is 93.4 cm³/mol. The molecule has 0 aliphatic carbocycles. The summed E-state index contributed by atoms with van der Waals surface area (Å²) in [5.41, 5.74) is 0.0948. The van der Waals surface area contributed by atoms with Gasteiger partial charge in [-0.05, 0) is 24.3 Å². The summed E-state index contributed by atoms with van der Waals surface area (Å²) in [4.78, 5) is 18.3. The smallest absolute Gasteiger partial charge is 0.252 e. The highest BCUT2D eigenvalue weighted by atomic mass is 19.2. The number of rotatable bonds is 6. The Morgan fingerprint density at radius 3 is 2.59 bits per heavy atom. The van der Waals surface area contributed by atoms with Gasteiger partial charge in [-0.15, -0.1) is 0 Å². The van der Waals surface area contributed by atoms with E-state index in [9.17, 15) is 18.0 Å². The Morgan fingerprint density at radius 2 is 1.89 bits per heavy atom. The van der Waals surface area contributed by atoms with Gasteiger partial charge in [0.25, 0.3) is 5.91 Å². The number of carbonyl (C=O) groups is 1. The van der Waals surface area contributed by atoms with E-state index >= 15 is 0 Å². The lowest BCUT2D eigenvalue weighted by molar-refractivity contribution is 0.0383. The summed E-state index contributed by atoms with van der Waals surface area (Å²) in [6.07, 6.45) is 1.32. The van der Waals surface area contributed by atoms with Gasteiger partial charge in [-0.2, -0.15) is 0 Å². The topological polar surface area (TPSA) is 66.5 Å². The second-order valence-corrected chi connectivity index (χ2v) is 5.99. The van der Waals surface area contributed by atoms with Gasteiger partial charge in [0, 0.05) is 32.4 Å². The molecule has 0 bridgehead atoms. The van der Waals surface area contributed by atoms with E-state index < -0.39 is 17.5 Å². The van der Waals surface area contributed by atoms with E-state index in [1.54, 1.807) is 0 Å². The number of pyridine rings is 1. The second kappa shape index (κ2) is 8.83. The molecule has 1 fully saturated rings. The predicted octanol–water partition coefficient (Wildman–Crippen LogP) is 2.30. The van der Waals surface area contributed by atoms with Gasteiger partial charge in [0.1, 0.15) is 5.82 Å². The lowest BCUT2D eigenvalue weighted by atomic mass is 10.2. The maximum Gasteiger partial charge on any atom is 0.252 e. The van der Waals surface area contributed by atoms with Crippen LogP contribution in [0.2, 0.25) is 0 Å². The van der Waals surface area contributed by atoms with Crippen molar-refractivity contribution in [3.8, 4) is 0 Å². The van der Waals surface area contributed by atoms with Crippen molar-refractivity contribution < 1.29 is 22.7 Å². The van der Waals surface area contributed by atoms with Crippen molar-refractivity contribution in [1.29, 1.82) is 0 Å². The number of ether oxygens (including phenoxy) is 1. The molecule has 0 spiro atoms. The molecule has 144 valence electrons. The van der Waals surface area contributed by atoms with Crippen LogP contribution in [0.4, 0.5) is 24.7 Å². The molecular formula is C18H19F3N4O2. The molecule has 6 nitrogen and oxygen atoms in total. The standard InChI is InChI=1S/C18H19F3N4O2/c19-13-2-3-14(17(21)16(13)20)24-15-4-1-12(11-23-15)18(26)22-5-6-25-7-9-27-10-8-25/h1-4,11H,5-10H2,(H,22,26)(H,23,24). The Labute approximate surface area is 154 Å². The quantitative estimate of drug-likeness (QED) is 0.753. The van der Waals surface area contributed by atoms with Gasteiger partial charge in [-0.25, -0.2) is 18.2 Å². The van der Waals surface area contributed by atoms with E-state index in [1.807, 2.05) is 0 Å². The molecule has 1 saturated heterocycles. The number of carbonyl (C=O) groups excluding carboxylic acids is 1. The summed E-state index contributed by atoms with van der Waals surface area (Å²) in [7, 11) is 0. The minimum atomic E-state index is -1.56. The van der Waals surface area contributed by atoms with E-state index in [1.165, 1.54) is 18.3 Å². The maximum absolute atomic E-state index is 13.7. The number of hydrogen-bond acceptors (Lipinski definition) is 5. The molecule has 1 aromatic heterocycles. The number of nitrogens with zero attached hydrogens (tertiary/aromatic N) is 2. The van der Waals surface area contributed by atoms with Crippen molar-refractivity contribution in [2.45, 2.75) is 0 Å². The third-order valence-electron chi connectivity index (χ3n) is 4.14. The molecule has 1 aliphatic heterocycles. The van der Waals surface area contributed by atoms with Crippen LogP contribution in [0.25, 0.3) is 0 Å². The highest BCUT2D eigenvalue weighted by Crippen LogP contribution is 2.22. The molecule has 3 rings (SSSR count). The van der Waals surface area contributed by atoms with Crippen molar-refractivity contribution >= 4 is 17.4 Å². The van der Waals surface area contributed by atoms with E-state index in [4.69, 9.17) is 4.74 Å². The molecule has 0 saturated carbocycles. The Kier molecular flexibility index (Phi) is 6.25.